The van der Waals surface area contributed by atoms with E-state index in [-0.39, 0.29) is 5.60 Å². The van der Waals surface area contributed by atoms with Gasteiger partial charge in [0.2, 0.25) is 0 Å². The minimum absolute atomic E-state index is 0.0850. The topological polar surface area (TPSA) is 9.23 Å². The van der Waals surface area contributed by atoms with E-state index in [4.69, 9.17) is 4.74 Å². The van der Waals surface area contributed by atoms with Crippen LogP contribution >= 0.6 is 11.8 Å². The summed E-state index contributed by atoms with van der Waals surface area (Å²) in [5.74, 6) is 2.83. The molecule has 150 valence electrons. The number of rotatable bonds is 5. The first kappa shape index (κ1) is 19.0. The van der Waals surface area contributed by atoms with Gasteiger partial charge in [0.25, 0.3) is 0 Å². The van der Waals surface area contributed by atoms with Crippen molar-refractivity contribution in [3.8, 4) is 0 Å². The van der Waals surface area contributed by atoms with Gasteiger partial charge in [0.1, 0.15) is 0 Å². The molecule has 1 spiro atoms. The fourth-order valence-electron chi connectivity index (χ4n) is 7.08. The molecule has 4 aliphatic rings. The summed E-state index contributed by atoms with van der Waals surface area (Å²) in [4.78, 5) is 3.03. The largest absolute Gasteiger partial charge is 0.374 e. The highest BCUT2D eigenvalue weighted by molar-refractivity contribution is 8.03. The molecule has 2 heteroatoms. The molecule has 1 aromatic carbocycles. The van der Waals surface area contributed by atoms with Gasteiger partial charge >= 0.3 is 0 Å². The Bertz CT molecular complexity index is 794. The number of hydrogen-bond acceptors (Lipinski definition) is 2. The third-order valence-corrected chi connectivity index (χ3v) is 9.12. The van der Waals surface area contributed by atoms with Gasteiger partial charge in [-0.15, -0.1) is 0 Å². The predicted octanol–water partition coefficient (Wildman–Crippen LogP) is 7.25. The molecule has 1 nitrogen and oxygen atoms in total. The standard InChI is InChI=1S/C26H34OS/c1-18(2)17-27-25-14-13-20-9-10-22-23(28-21-7-5-4-6-8-21)11-12-24(25)26(20,22)16-19(3)15-25/h4-8,11,16,18,20,22,24H,9-10,12-15,17H2,1-3H3/t20-,22-,24+,25-,26+/m1/s1. The van der Waals surface area contributed by atoms with Gasteiger partial charge in [0.15, 0.2) is 0 Å². The minimum Gasteiger partial charge on any atom is -0.374 e. The Morgan fingerprint density at radius 1 is 1.14 bits per heavy atom. The van der Waals surface area contributed by atoms with E-state index in [1.165, 1.54) is 37.0 Å². The van der Waals surface area contributed by atoms with E-state index in [9.17, 15) is 0 Å². The van der Waals surface area contributed by atoms with Gasteiger partial charge in [-0.3, -0.25) is 0 Å². The van der Waals surface area contributed by atoms with Crippen molar-refractivity contribution in [2.24, 2.45) is 29.1 Å². The molecule has 0 aromatic heterocycles. The fraction of sp³-hybridized carbons (Fsp3) is 0.615. The zero-order valence-electron chi connectivity index (χ0n) is 17.6. The first-order valence-corrected chi connectivity index (χ1v) is 12.1. The lowest BCUT2D eigenvalue weighted by molar-refractivity contribution is -0.174. The van der Waals surface area contributed by atoms with E-state index in [0.29, 0.717) is 23.2 Å². The summed E-state index contributed by atoms with van der Waals surface area (Å²) < 4.78 is 6.84. The summed E-state index contributed by atoms with van der Waals surface area (Å²) in [7, 11) is 0. The highest BCUT2D eigenvalue weighted by atomic mass is 32.2. The van der Waals surface area contributed by atoms with E-state index < -0.39 is 0 Å². The summed E-state index contributed by atoms with van der Waals surface area (Å²) in [6, 6.07) is 11.0. The Kier molecular flexibility index (Phi) is 4.79. The molecule has 4 aliphatic carbocycles. The molecule has 0 amide bonds. The summed E-state index contributed by atoms with van der Waals surface area (Å²) in [6.45, 7) is 7.86. The molecular formula is C26H34OS. The second-order valence-corrected chi connectivity index (χ2v) is 11.3. The van der Waals surface area contributed by atoms with Crippen molar-refractivity contribution in [3.05, 3.63) is 53.0 Å². The molecule has 5 atom stereocenters. The maximum Gasteiger partial charge on any atom is 0.0759 e. The molecule has 2 bridgehead atoms. The second kappa shape index (κ2) is 7.06. The van der Waals surface area contributed by atoms with Gasteiger partial charge in [-0.2, -0.15) is 0 Å². The number of hydrogen-bond donors (Lipinski definition) is 0. The third-order valence-electron chi connectivity index (χ3n) is 7.92. The van der Waals surface area contributed by atoms with E-state index in [1.807, 2.05) is 11.8 Å². The summed E-state index contributed by atoms with van der Waals surface area (Å²) in [5, 5.41) is 0. The minimum atomic E-state index is 0.0850. The molecule has 0 N–H and O–H groups in total. The highest BCUT2D eigenvalue weighted by Crippen LogP contribution is 2.71. The van der Waals surface area contributed by atoms with E-state index >= 15 is 0 Å². The van der Waals surface area contributed by atoms with Crippen LogP contribution in [0.15, 0.2) is 57.9 Å². The fourth-order valence-corrected chi connectivity index (χ4v) is 8.29. The summed E-state index contributed by atoms with van der Waals surface area (Å²) >= 11 is 2.03. The summed E-state index contributed by atoms with van der Waals surface area (Å²) in [5.41, 5.74) is 2.02. The SMILES string of the molecule is CC1=C[C@]23[C@@H]4CC[C@@H]2C(Sc2ccccc2)=CC[C@H]3[C@@](OCC(C)C)(CC4)C1. The number of allylic oxidation sites excluding steroid dienone is 3. The van der Waals surface area contributed by atoms with Crippen LogP contribution in [-0.4, -0.2) is 12.2 Å². The van der Waals surface area contributed by atoms with Crippen molar-refractivity contribution in [2.45, 2.75) is 69.8 Å². The molecule has 0 saturated heterocycles. The van der Waals surface area contributed by atoms with Gasteiger partial charge in [-0.05, 0) is 80.2 Å². The van der Waals surface area contributed by atoms with E-state index in [0.717, 1.165) is 18.9 Å². The van der Waals surface area contributed by atoms with Crippen LogP contribution in [0.5, 0.6) is 0 Å². The smallest absolute Gasteiger partial charge is 0.0759 e. The van der Waals surface area contributed by atoms with Crippen molar-refractivity contribution < 1.29 is 4.74 Å². The Morgan fingerprint density at radius 3 is 2.75 bits per heavy atom. The zero-order chi connectivity index (χ0) is 19.4. The van der Waals surface area contributed by atoms with Crippen LogP contribution in [0, 0.1) is 29.1 Å². The van der Waals surface area contributed by atoms with E-state index in [1.54, 1.807) is 10.5 Å². The van der Waals surface area contributed by atoms with Crippen LogP contribution in [0.3, 0.4) is 0 Å². The second-order valence-electron chi connectivity index (χ2n) is 10.1. The van der Waals surface area contributed by atoms with Gasteiger partial charge in [0, 0.05) is 22.8 Å². The first-order chi connectivity index (χ1) is 13.5. The lowest BCUT2D eigenvalue weighted by Crippen LogP contribution is -2.60. The van der Waals surface area contributed by atoms with Crippen LogP contribution in [0.2, 0.25) is 0 Å². The maximum atomic E-state index is 6.84. The van der Waals surface area contributed by atoms with Crippen molar-refractivity contribution in [1.82, 2.24) is 0 Å². The van der Waals surface area contributed by atoms with Crippen LogP contribution in [0.4, 0.5) is 0 Å². The molecular weight excluding hydrogens is 360 g/mol. The molecule has 5 rings (SSSR count). The number of thioether (sulfide) groups is 1. The maximum absolute atomic E-state index is 6.84. The average molecular weight is 395 g/mol. The third kappa shape index (κ3) is 2.86. The van der Waals surface area contributed by atoms with Gasteiger partial charge in [0.05, 0.1) is 5.60 Å². The van der Waals surface area contributed by atoms with E-state index in [2.05, 4.69) is 63.3 Å². The average Bonchev–Trinajstić information content (AvgIpc) is 3.02. The first-order valence-electron chi connectivity index (χ1n) is 11.3. The van der Waals surface area contributed by atoms with Crippen molar-refractivity contribution in [3.63, 3.8) is 0 Å². The Labute approximate surface area is 175 Å². The molecule has 28 heavy (non-hydrogen) atoms. The molecule has 2 fully saturated rings. The molecule has 0 unspecified atom stereocenters. The quantitative estimate of drug-likeness (QED) is 0.486. The van der Waals surface area contributed by atoms with Gasteiger partial charge in [-0.25, -0.2) is 0 Å². The molecule has 0 radical (unpaired) electrons. The van der Waals surface area contributed by atoms with Crippen LogP contribution < -0.4 is 0 Å². The van der Waals surface area contributed by atoms with Crippen LogP contribution in [-0.2, 0) is 4.74 Å². The number of ether oxygens (including phenoxy) is 1. The molecule has 0 heterocycles. The monoisotopic (exact) mass is 394 g/mol. The highest BCUT2D eigenvalue weighted by Gasteiger charge is 2.65. The number of benzene rings is 1. The lowest BCUT2D eigenvalue weighted by atomic mass is 9.47. The van der Waals surface area contributed by atoms with Crippen molar-refractivity contribution >= 4 is 11.8 Å². The summed E-state index contributed by atoms with van der Waals surface area (Å²) in [6.07, 6.45) is 13.1. The zero-order valence-corrected chi connectivity index (χ0v) is 18.4. The molecule has 0 aliphatic heterocycles. The van der Waals surface area contributed by atoms with Crippen molar-refractivity contribution in [2.75, 3.05) is 6.61 Å². The Morgan fingerprint density at radius 2 is 1.96 bits per heavy atom. The van der Waals surface area contributed by atoms with Crippen LogP contribution in [0.1, 0.15) is 59.3 Å². The van der Waals surface area contributed by atoms with Gasteiger partial charge < -0.3 is 4.74 Å². The van der Waals surface area contributed by atoms with Crippen LogP contribution in [0.25, 0.3) is 0 Å². The lowest BCUT2D eigenvalue weighted by Gasteiger charge is -2.61. The molecule has 1 aromatic rings. The Hall–Kier alpha value is -0.990. The predicted molar refractivity (Wildman–Crippen MR) is 118 cm³/mol. The van der Waals surface area contributed by atoms with Crippen molar-refractivity contribution in [1.29, 1.82) is 0 Å². The van der Waals surface area contributed by atoms with Gasteiger partial charge in [-0.1, -0.05) is 61.5 Å². The Balaban J connectivity index is 1.54. The molecule has 2 saturated carbocycles. The normalized spacial score (nSPS) is 38.8.